The highest BCUT2D eigenvalue weighted by molar-refractivity contribution is 5.98. The topological polar surface area (TPSA) is 117 Å². The minimum Gasteiger partial charge on any atom is -0.493 e. The predicted octanol–water partition coefficient (Wildman–Crippen LogP) is 3.24. The lowest BCUT2D eigenvalue weighted by atomic mass is 10.1. The first-order valence-corrected chi connectivity index (χ1v) is 8.48. The van der Waals surface area contributed by atoms with Crippen molar-refractivity contribution in [3.63, 3.8) is 0 Å². The molecule has 9 nitrogen and oxygen atoms in total. The van der Waals surface area contributed by atoms with E-state index in [1.54, 1.807) is 20.8 Å². The van der Waals surface area contributed by atoms with E-state index in [-0.39, 0.29) is 29.4 Å². The molecule has 0 heterocycles. The van der Waals surface area contributed by atoms with Crippen LogP contribution in [0.2, 0.25) is 0 Å². The molecular formula is C18H24N2O7. The second kappa shape index (κ2) is 7.42. The number of hydrogen-bond donors (Lipinski definition) is 1. The number of Topliss-reactive ketones (excluding diaryl/α,β-unsaturated/α-hetero) is 1. The summed E-state index contributed by atoms with van der Waals surface area (Å²) in [6, 6.07) is 2.45. The first-order valence-electron chi connectivity index (χ1n) is 8.48. The van der Waals surface area contributed by atoms with Crippen LogP contribution in [0.5, 0.6) is 11.5 Å². The molecule has 148 valence electrons. The molecule has 2 rings (SSSR count). The minimum atomic E-state index is -0.644. The van der Waals surface area contributed by atoms with Crippen LogP contribution >= 0.6 is 0 Å². The van der Waals surface area contributed by atoms with E-state index in [9.17, 15) is 19.7 Å². The number of benzene rings is 1. The summed E-state index contributed by atoms with van der Waals surface area (Å²) in [6.45, 7) is 6.64. The second-order valence-electron chi connectivity index (χ2n) is 7.53. The first-order chi connectivity index (χ1) is 12.5. The van der Waals surface area contributed by atoms with E-state index in [1.165, 1.54) is 26.2 Å². The van der Waals surface area contributed by atoms with E-state index >= 15 is 0 Å². The number of methoxy groups -OCH3 is 1. The normalized spacial score (nSPS) is 14.9. The number of ketones is 1. The summed E-state index contributed by atoms with van der Waals surface area (Å²) in [5, 5.41) is 14.0. The number of nitrogens with zero attached hydrogens (tertiary/aromatic N) is 1. The Bertz CT molecular complexity index is 764. The van der Waals surface area contributed by atoms with Crippen LogP contribution in [-0.4, -0.2) is 41.7 Å². The Kier molecular flexibility index (Phi) is 5.62. The van der Waals surface area contributed by atoms with Crippen LogP contribution in [0.25, 0.3) is 0 Å². The molecule has 1 amide bonds. The highest BCUT2D eigenvalue weighted by Crippen LogP contribution is 2.39. The fourth-order valence-corrected chi connectivity index (χ4v) is 2.45. The molecular weight excluding hydrogens is 356 g/mol. The summed E-state index contributed by atoms with van der Waals surface area (Å²) >= 11 is 0. The van der Waals surface area contributed by atoms with Gasteiger partial charge in [-0.25, -0.2) is 4.79 Å². The Balaban J connectivity index is 2.15. The number of carbonyl (C=O) groups is 2. The molecule has 0 spiro atoms. The lowest BCUT2D eigenvalue weighted by molar-refractivity contribution is -0.385. The standard InChI is InChI=1S/C18H24N2O7/c1-11(21)12-8-14(25-5)15(9-13(12)20(23)24)26-10-18(6-7-18)19-16(22)27-17(2,3)4/h8-9H,6-7,10H2,1-5H3,(H,19,22). The molecule has 0 bridgehead atoms. The van der Waals surface area contributed by atoms with Crippen molar-refractivity contribution < 1.29 is 28.7 Å². The van der Waals surface area contributed by atoms with Crippen molar-refractivity contribution in [3.05, 3.63) is 27.8 Å². The molecule has 1 aliphatic carbocycles. The maximum atomic E-state index is 12.0. The van der Waals surface area contributed by atoms with Crippen molar-refractivity contribution in [1.29, 1.82) is 0 Å². The van der Waals surface area contributed by atoms with E-state index in [4.69, 9.17) is 14.2 Å². The van der Waals surface area contributed by atoms with Gasteiger partial charge < -0.3 is 19.5 Å². The van der Waals surface area contributed by atoms with Gasteiger partial charge in [0, 0.05) is 6.07 Å². The molecule has 0 aliphatic heterocycles. The number of nitro groups is 1. The highest BCUT2D eigenvalue weighted by atomic mass is 16.6. The number of carbonyl (C=O) groups excluding carboxylic acids is 2. The maximum Gasteiger partial charge on any atom is 0.408 e. The average Bonchev–Trinajstić information content (AvgIpc) is 3.29. The van der Waals surface area contributed by atoms with Gasteiger partial charge in [0.2, 0.25) is 0 Å². The number of nitro benzene ring substituents is 1. The zero-order valence-electron chi connectivity index (χ0n) is 16.1. The molecule has 1 aromatic rings. The van der Waals surface area contributed by atoms with Crippen LogP contribution in [0.4, 0.5) is 10.5 Å². The number of rotatable bonds is 7. The summed E-state index contributed by atoms with van der Waals surface area (Å²) in [6.07, 6.45) is 0.846. The molecule has 1 saturated carbocycles. The molecule has 27 heavy (non-hydrogen) atoms. The second-order valence-corrected chi connectivity index (χ2v) is 7.53. The molecule has 1 fully saturated rings. The van der Waals surface area contributed by atoms with Gasteiger partial charge in [-0.3, -0.25) is 14.9 Å². The van der Waals surface area contributed by atoms with Crippen LogP contribution in [0.3, 0.4) is 0 Å². The van der Waals surface area contributed by atoms with E-state index in [2.05, 4.69) is 5.32 Å². The SMILES string of the molecule is COc1cc(C(C)=O)c([N+](=O)[O-])cc1OCC1(NC(=O)OC(C)(C)C)CC1. The number of alkyl carbamates (subject to hydrolysis) is 1. The zero-order valence-corrected chi connectivity index (χ0v) is 16.1. The van der Waals surface area contributed by atoms with Crippen LogP contribution in [-0.2, 0) is 4.74 Å². The summed E-state index contributed by atoms with van der Waals surface area (Å²) in [7, 11) is 1.38. The van der Waals surface area contributed by atoms with Gasteiger partial charge in [-0.05, 0) is 40.5 Å². The summed E-state index contributed by atoms with van der Waals surface area (Å²) in [5.41, 5.74) is -1.62. The number of amides is 1. The van der Waals surface area contributed by atoms with Crippen LogP contribution < -0.4 is 14.8 Å². The lowest BCUT2D eigenvalue weighted by Crippen LogP contribution is -2.44. The zero-order chi connectivity index (χ0) is 20.4. The van der Waals surface area contributed by atoms with Crippen molar-refractivity contribution in [2.24, 2.45) is 0 Å². The number of ether oxygens (including phenoxy) is 3. The Morgan fingerprint density at radius 2 is 1.89 bits per heavy atom. The highest BCUT2D eigenvalue weighted by Gasteiger charge is 2.46. The third kappa shape index (κ3) is 5.32. The molecule has 0 atom stereocenters. The van der Waals surface area contributed by atoms with Crippen molar-refractivity contribution >= 4 is 17.6 Å². The molecule has 1 aromatic carbocycles. The molecule has 9 heteroatoms. The van der Waals surface area contributed by atoms with Crippen molar-refractivity contribution in [3.8, 4) is 11.5 Å². The Morgan fingerprint density at radius 1 is 1.26 bits per heavy atom. The third-order valence-electron chi connectivity index (χ3n) is 3.98. The molecule has 0 saturated heterocycles. The van der Waals surface area contributed by atoms with Crippen molar-refractivity contribution in [1.82, 2.24) is 5.32 Å². The number of nitrogens with one attached hydrogen (secondary N) is 1. The summed E-state index contributed by atoms with van der Waals surface area (Å²) in [4.78, 5) is 34.2. The molecule has 0 aromatic heterocycles. The van der Waals surface area contributed by atoms with Crippen molar-refractivity contribution in [2.75, 3.05) is 13.7 Å². The van der Waals surface area contributed by atoms with Gasteiger partial charge in [-0.15, -0.1) is 0 Å². The van der Waals surface area contributed by atoms with Gasteiger partial charge in [-0.2, -0.15) is 0 Å². The third-order valence-corrected chi connectivity index (χ3v) is 3.98. The summed E-state index contributed by atoms with van der Waals surface area (Å²) < 4.78 is 16.1. The van der Waals surface area contributed by atoms with Gasteiger partial charge in [0.05, 0.1) is 29.2 Å². The minimum absolute atomic E-state index is 0.0581. The van der Waals surface area contributed by atoms with Gasteiger partial charge in [-0.1, -0.05) is 0 Å². The smallest absolute Gasteiger partial charge is 0.408 e. The fraction of sp³-hybridized carbons (Fsp3) is 0.556. The Labute approximate surface area is 157 Å². The Morgan fingerprint density at radius 3 is 2.33 bits per heavy atom. The number of hydrogen-bond acceptors (Lipinski definition) is 7. The van der Waals surface area contributed by atoms with E-state index in [0.29, 0.717) is 12.8 Å². The molecule has 1 N–H and O–H groups in total. The quantitative estimate of drug-likeness (QED) is 0.438. The first kappa shape index (κ1) is 20.5. The van der Waals surface area contributed by atoms with Crippen molar-refractivity contribution in [2.45, 2.75) is 51.7 Å². The van der Waals surface area contributed by atoms with Gasteiger partial charge >= 0.3 is 6.09 Å². The van der Waals surface area contributed by atoms with E-state index in [1.807, 2.05) is 0 Å². The predicted molar refractivity (Wildman–Crippen MR) is 96.5 cm³/mol. The van der Waals surface area contributed by atoms with Gasteiger partial charge in [0.25, 0.3) is 5.69 Å². The van der Waals surface area contributed by atoms with Gasteiger partial charge in [0.15, 0.2) is 17.3 Å². The van der Waals surface area contributed by atoms with Gasteiger partial charge in [0.1, 0.15) is 12.2 Å². The molecule has 0 unspecified atom stereocenters. The molecule has 1 aliphatic rings. The maximum absolute atomic E-state index is 12.0. The largest absolute Gasteiger partial charge is 0.493 e. The van der Waals surface area contributed by atoms with Crippen LogP contribution in [0.1, 0.15) is 50.9 Å². The van der Waals surface area contributed by atoms with Crippen LogP contribution in [0, 0.1) is 10.1 Å². The van der Waals surface area contributed by atoms with E-state index < -0.39 is 27.9 Å². The van der Waals surface area contributed by atoms with E-state index in [0.717, 1.165) is 0 Å². The van der Waals surface area contributed by atoms with Crippen LogP contribution in [0.15, 0.2) is 12.1 Å². The summed E-state index contributed by atoms with van der Waals surface area (Å²) in [5.74, 6) is -0.109. The monoisotopic (exact) mass is 380 g/mol. The Hall–Kier alpha value is -2.84. The lowest BCUT2D eigenvalue weighted by Gasteiger charge is -2.23. The molecule has 0 radical (unpaired) electrons. The fourth-order valence-electron chi connectivity index (χ4n) is 2.45. The average molecular weight is 380 g/mol.